The number of carbonyl (C=O) groups is 2. The number of rotatable bonds is 11. The Labute approximate surface area is 251 Å². The van der Waals surface area contributed by atoms with E-state index in [0.29, 0.717) is 5.69 Å². The highest BCUT2D eigenvalue weighted by atomic mass is 19.4. The van der Waals surface area contributed by atoms with Gasteiger partial charge in [-0.2, -0.15) is 36.2 Å². The van der Waals surface area contributed by atoms with Gasteiger partial charge in [0.2, 0.25) is 17.6 Å². The van der Waals surface area contributed by atoms with Crippen LogP contribution in [0.25, 0.3) is 5.78 Å². The van der Waals surface area contributed by atoms with E-state index in [2.05, 4.69) is 30.8 Å². The first-order valence-electron chi connectivity index (χ1n) is 14.4. The summed E-state index contributed by atoms with van der Waals surface area (Å²) < 4.78 is 105. The monoisotopic (exact) mass is 650 g/mol. The second-order valence-corrected chi connectivity index (χ2v) is 11.6. The Morgan fingerprint density at radius 2 is 1.53 bits per heavy atom. The second kappa shape index (κ2) is 12.5. The Kier molecular flexibility index (Phi) is 9.04. The van der Waals surface area contributed by atoms with Gasteiger partial charge >= 0.3 is 12.4 Å². The van der Waals surface area contributed by atoms with Crippen molar-refractivity contribution in [3.05, 3.63) is 41.7 Å². The van der Waals surface area contributed by atoms with Gasteiger partial charge in [0.05, 0.1) is 49.1 Å². The average Bonchev–Trinajstić information content (AvgIpc) is 3.52. The molecule has 2 atom stereocenters. The molecule has 2 saturated carbocycles. The Morgan fingerprint density at radius 3 is 2.18 bits per heavy atom. The number of amides is 2. The van der Waals surface area contributed by atoms with Gasteiger partial charge in [-0.05, 0) is 43.6 Å². The summed E-state index contributed by atoms with van der Waals surface area (Å²) in [6, 6.07) is 0.0757. The van der Waals surface area contributed by atoms with Gasteiger partial charge in [0.1, 0.15) is 0 Å². The lowest BCUT2D eigenvalue weighted by atomic mass is 9.81. The molecular weight excluding hydrogens is 620 g/mol. The first-order valence-corrected chi connectivity index (χ1v) is 14.4. The van der Waals surface area contributed by atoms with Crippen LogP contribution in [0.4, 0.5) is 35.1 Å². The Morgan fingerprint density at radius 1 is 0.911 bits per heavy atom. The number of nitrogens with zero attached hydrogens (tertiary/aromatic N) is 6. The Balaban J connectivity index is 1.36. The molecule has 0 aliphatic heterocycles. The van der Waals surface area contributed by atoms with Gasteiger partial charge in [-0.15, -0.1) is 5.10 Å². The maximum absolute atomic E-state index is 14.0. The maximum atomic E-state index is 14.0. The third kappa shape index (κ3) is 8.87. The molecule has 2 aliphatic rings. The SMILES string of the molecule is O=C(CCC(F)(F)F)NC(c1ccn2cc(C(NC(=O)c3cnn(CCC(F)(F)F)n3)C3CCC(F)(F)CC3)nc2n1)C1CC1. The minimum Gasteiger partial charge on any atom is -0.347 e. The molecule has 5 rings (SSSR count). The number of halogens is 8. The molecule has 3 aromatic rings. The second-order valence-electron chi connectivity index (χ2n) is 11.6. The van der Waals surface area contributed by atoms with Crippen LogP contribution in [0, 0.1) is 11.8 Å². The summed E-state index contributed by atoms with van der Waals surface area (Å²) in [6.07, 6.45) is -7.16. The van der Waals surface area contributed by atoms with Crippen LogP contribution < -0.4 is 10.6 Å². The van der Waals surface area contributed by atoms with Crippen molar-refractivity contribution >= 4 is 17.6 Å². The molecule has 0 bridgehead atoms. The average molecular weight is 651 g/mol. The molecule has 3 heterocycles. The molecule has 2 aliphatic carbocycles. The van der Waals surface area contributed by atoms with E-state index >= 15 is 0 Å². The van der Waals surface area contributed by atoms with Gasteiger partial charge in [-0.1, -0.05) is 0 Å². The molecule has 10 nitrogen and oxygen atoms in total. The van der Waals surface area contributed by atoms with E-state index in [4.69, 9.17) is 0 Å². The van der Waals surface area contributed by atoms with Crippen LogP contribution in [0.3, 0.4) is 0 Å². The van der Waals surface area contributed by atoms with Crippen LogP contribution in [0.1, 0.15) is 91.7 Å². The molecule has 3 aromatic heterocycles. The van der Waals surface area contributed by atoms with E-state index in [1.807, 2.05) is 0 Å². The normalized spacial score (nSPS) is 18.9. The van der Waals surface area contributed by atoms with Crippen molar-refractivity contribution in [2.24, 2.45) is 11.8 Å². The quantitative estimate of drug-likeness (QED) is 0.266. The highest BCUT2D eigenvalue weighted by Gasteiger charge is 2.40. The minimum absolute atomic E-state index is 0.00953. The molecule has 2 unspecified atom stereocenters. The standard InChI is InChI=1S/C27H30F8N8O2/c28-25(29)7-3-16(4-8-25)22(40-23(45)18-13-36-43(41-18)12-10-27(33,34)35)19-14-42-11-6-17(37-24(42)38-19)21(15-1-2-15)39-20(44)5-9-26(30,31)32/h6,11,13-16,21-22H,1-5,7-10,12H2,(H,39,44)(H,40,45). The topological polar surface area (TPSA) is 119 Å². The molecule has 0 aromatic carbocycles. The predicted octanol–water partition coefficient (Wildman–Crippen LogP) is 5.48. The van der Waals surface area contributed by atoms with Gasteiger partial charge in [0, 0.05) is 31.7 Å². The number of aryl methyl sites for hydroxylation is 1. The largest absolute Gasteiger partial charge is 0.390 e. The number of hydrogen-bond acceptors (Lipinski definition) is 6. The van der Waals surface area contributed by atoms with E-state index < -0.39 is 86.7 Å². The van der Waals surface area contributed by atoms with Crippen LogP contribution >= 0.6 is 0 Å². The third-order valence-corrected chi connectivity index (χ3v) is 7.93. The maximum Gasteiger partial charge on any atom is 0.390 e. The van der Waals surface area contributed by atoms with E-state index in [0.717, 1.165) is 23.8 Å². The summed E-state index contributed by atoms with van der Waals surface area (Å²) in [7, 11) is 0. The number of hydrogen-bond donors (Lipinski definition) is 2. The van der Waals surface area contributed by atoms with E-state index in [1.165, 1.54) is 4.40 Å². The zero-order chi connectivity index (χ0) is 32.6. The van der Waals surface area contributed by atoms with E-state index in [1.54, 1.807) is 18.5 Å². The zero-order valence-corrected chi connectivity index (χ0v) is 23.7. The molecular formula is C27H30F8N8O2. The van der Waals surface area contributed by atoms with Crippen LogP contribution in [-0.2, 0) is 11.3 Å². The number of fused-ring (bicyclic) bond motifs is 1. The first kappa shape index (κ1) is 32.5. The number of aromatic nitrogens is 6. The first-order chi connectivity index (χ1) is 21.1. The number of nitrogens with one attached hydrogen (secondary N) is 2. The van der Waals surface area contributed by atoms with Crippen molar-refractivity contribution < 1.29 is 44.7 Å². The Hall–Kier alpha value is -3.86. The fraction of sp³-hybridized carbons (Fsp3) is 0.630. The van der Waals surface area contributed by atoms with Gasteiger partial charge in [-0.25, -0.2) is 18.7 Å². The molecule has 45 heavy (non-hydrogen) atoms. The van der Waals surface area contributed by atoms with Crippen LogP contribution in [0.15, 0.2) is 24.7 Å². The molecule has 2 amide bonds. The Bertz CT molecular complexity index is 1500. The smallest absolute Gasteiger partial charge is 0.347 e. The molecule has 2 N–H and O–H groups in total. The molecule has 0 radical (unpaired) electrons. The van der Waals surface area contributed by atoms with Crippen molar-refractivity contribution in [3.8, 4) is 0 Å². The summed E-state index contributed by atoms with van der Waals surface area (Å²) >= 11 is 0. The number of imidazole rings is 1. The fourth-order valence-corrected chi connectivity index (χ4v) is 5.37. The molecule has 0 spiro atoms. The lowest BCUT2D eigenvalue weighted by Crippen LogP contribution is -2.37. The van der Waals surface area contributed by atoms with Crippen LogP contribution in [0.5, 0.6) is 0 Å². The van der Waals surface area contributed by atoms with Crippen molar-refractivity contribution in [3.63, 3.8) is 0 Å². The fourth-order valence-electron chi connectivity index (χ4n) is 5.37. The summed E-state index contributed by atoms with van der Waals surface area (Å²) in [5.41, 5.74) is 0.404. The lowest BCUT2D eigenvalue weighted by Gasteiger charge is -2.33. The van der Waals surface area contributed by atoms with Crippen molar-refractivity contribution in [2.45, 2.75) is 94.7 Å². The number of alkyl halides is 8. The summed E-state index contributed by atoms with van der Waals surface area (Å²) in [6.45, 7) is -0.594. The summed E-state index contributed by atoms with van der Waals surface area (Å²) in [5.74, 6) is -4.73. The van der Waals surface area contributed by atoms with Gasteiger partial charge < -0.3 is 10.6 Å². The van der Waals surface area contributed by atoms with Crippen molar-refractivity contribution in [1.29, 1.82) is 0 Å². The van der Waals surface area contributed by atoms with E-state index in [-0.39, 0.29) is 35.9 Å². The van der Waals surface area contributed by atoms with Crippen LogP contribution in [0.2, 0.25) is 0 Å². The van der Waals surface area contributed by atoms with Crippen molar-refractivity contribution in [1.82, 2.24) is 40.0 Å². The molecule has 2 fully saturated rings. The highest BCUT2D eigenvalue weighted by molar-refractivity contribution is 5.92. The van der Waals surface area contributed by atoms with Crippen molar-refractivity contribution in [2.75, 3.05) is 0 Å². The summed E-state index contributed by atoms with van der Waals surface area (Å²) in [4.78, 5) is 35.2. The van der Waals surface area contributed by atoms with Gasteiger partial charge in [-0.3, -0.25) is 14.0 Å². The summed E-state index contributed by atoms with van der Waals surface area (Å²) in [5, 5.41) is 12.9. The highest BCUT2D eigenvalue weighted by Crippen LogP contribution is 2.42. The molecule has 0 saturated heterocycles. The van der Waals surface area contributed by atoms with Gasteiger partial charge in [0.15, 0.2) is 5.69 Å². The lowest BCUT2D eigenvalue weighted by molar-refractivity contribution is -0.144. The zero-order valence-electron chi connectivity index (χ0n) is 23.7. The minimum atomic E-state index is -4.47. The predicted molar refractivity (Wildman–Crippen MR) is 140 cm³/mol. The van der Waals surface area contributed by atoms with E-state index in [9.17, 15) is 44.7 Å². The number of carbonyl (C=O) groups excluding carboxylic acids is 2. The van der Waals surface area contributed by atoms with Gasteiger partial charge in [0.25, 0.3) is 5.91 Å². The third-order valence-electron chi connectivity index (χ3n) is 7.93. The van der Waals surface area contributed by atoms with Crippen LogP contribution in [-0.4, -0.2) is 59.5 Å². The molecule has 246 valence electrons. The molecule has 18 heteroatoms.